The molecule has 0 aromatic heterocycles. The molecule has 1 aromatic carbocycles. The standard InChI is InChI=1S/C12H11N3O2/c1-12(2,3)10-4-8(6-13)9(7-14)5-11(10)15(16)17/h4-5H,1-3H3. The zero-order valence-corrected chi connectivity index (χ0v) is 9.81. The first-order valence-corrected chi connectivity index (χ1v) is 4.94. The normalized spacial score (nSPS) is 10.4. The molecular weight excluding hydrogens is 218 g/mol. The second-order valence-corrected chi connectivity index (χ2v) is 4.65. The first-order valence-electron chi connectivity index (χ1n) is 4.94. The van der Waals surface area contributed by atoms with Crippen molar-refractivity contribution in [1.82, 2.24) is 0 Å². The Hall–Kier alpha value is -2.40. The van der Waals surface area contributed by atoms with E-state index in [1.807, 2.05) is 26.8 Å². The van der Waals surface area contributed by atoms with Gasteiger partial charge in [-0.05, 0) is 11.5 Å². The number of nitrogens with zero attached hydrogens (tertiary/aromatic N) is 3. The summed E-state index contributed by atoms with van der Waals surface area (Å²) in [6, 6.07) is 6.27. The molecule has 1 aromatic rings. The Bertz CT molecular complexity index is 557. The quantitative estimate of drug-likeness (QED) is 0.546. The molecule has 0 aliphatic carbocycles. The van der Waals surface area contributed by atoms with Crippen LogP contribution >= 0.6 is 0 Å². The van der Waals surface area contributed by atoms with Crippen LogP contribution in [0.4, 0.5) is 5.69 Å². The summed E-state index contributed by atoms with van der Waals surface area (Å²) < 4.78 is 0. The summed E-state index contributed by atoms with van der Waals surface area (Å²) in [5.74, 6) is 0. The lowest BCUT2D eigenvalue weighted by Crippen LogP contribution is -2.14. The molecule has 86 valence electrons. The summed E-state index contributed by atoms with van der Waals surface area (Å²) in [7, 11) is 0. The molecular formula is C12H11N3O2. The highest BCUT2D eigenvalue weighted by atomic mass is 16.6. The van der Waals surface area contributed by atoms with Crippen LogP contribution in [0, 0.1) is 32.8 Å². The lowest BCUT2D eigenvalue weighted by molar-refractivity contribution is -0.386. The molecule has 0 radical (unpaired) electrons. The summed E-state index contributed by atoms with van der Waals surface area (Å²) in [6.07, 6.45) is 0. The molecule has 0 bridgehead atoms. The van der Waals surface area contributed by atoms with Gasteiger partial charge in [-0.15, -0.1) is 0 Å². The molecule has 17 heavy (non-hydrogen) atoms. The van der Waals surface area contributed by atoms with E-state index in [2.05, 4.69) is 0 Å². The van der Waals surface area contributed by atoms with Crippen LogP contribution in [0.25, 0.3) is 0 Å². The number of nitro benzene ring substituents is 1. The van der Waals surface area contributed by atoms with Gasteiger partial charge in [-0.2, -0.15) is 10.5 Å². The van der Waals surface area contributed by atoms with Crippen molar-refractivity contribution in [3.63, 3.8) is 0 Å². The van der Waals surface area contributed by atoms with Crippen molar-refractivity contribution >= 4 is 5.69 Å². The molecule has 5 nitrogen and oxygen atoms in total. The van der Waals surface area contributed by atoms with E-state index in [-0.39, 0.29) is 16.8 Å². The van der Waals surface area contributed by atoms with Crippen molar-refractivity contribution in [2.75, 3.05) is 0 Å². The average Bonchev–Trinajstić information content (AvgIpc) is 2.25. The molecule has 0 heterocycles. The van der Waals surface area contributed by atoms with Crippen LogP contribution < -0.4 is 0 Å². The Kier molecular flexibility index (Phi) is 3.15. The lowest BCUT2D eigenvalue weighted by Gasteiger charge is -2.19. The van der Waals surface area contributed by atoms with Crippen LogP contribution in [0.2, 0.25) is 0 Å². The highest BCUT2D eigenvalue weighted by Gasteiger charge is 2.26. The topological polar surface area (TPSA) is 90.7 Å². The van der Waals surface area contributed by atoms with Crippen molar-refractivity contribution in [1.29, 1.82) is 10.5 Å². The van der Waals surface area contributed by atoms with Gasteiger partial charge in [-0.3, -0.25) is 10.1 Å². The predicted octanol–water partition coefficient (Wildman–Crippen LogP) is 2.64. The maximum Gasteiger partial charge on any atom is 0.274 e. The van der Waals surface area contributed by atoms with Gasteiger partial charge in [0.05, 0.1) is 16.1 Å². The van der Waals surface area contributed by atoms with E-state index in [0.29, 0.717) is 5.56 Å². The van der Waals surface area contributed by atoms with Crippen LogP contribution in [0.1, 0.15) is 37.5 Å². The van der Waals surface area contributed by atoms with Gasteiger partial charge in [0.2, 0.25) is 0 Å². The number of nitro groups is 1. The molecule has 0 N–H and O–H groups in total. The largest absolute Gasteiger partial charge is 0.274 e. The molecule has 0 saturated carbocycles. The van der Waals surface area contributed by atoms with Gasteiger partial charge in [0.25, 0.3) is 5.69 Å². The lowest BCUT2D eigenvalue weighted by atomic mass is 9.84. The molecule has 0 aliphatic heterocycles. The van der Waals surface area contributed by atoms with Crippen molar-refractivity contribution in [3.8, 4) is 12.1 Å². The second-order valence-electron chi connectivity index (χ2n) is 4.65. The first kappa shape index (κ1) is 12.7. The summed E-state index contributed by atoms with van der Waals surface area (Å²) >= 11 is 0. The number of hydrogen-bond donors (Lipinski definition) is 0. The Balaban J connectivity index is 3.67. The van der Waals surface area contributed by atoms with Crippen LogP contribution in [0.5, 0.6) is 0 Å². The van der Waals surface area contributed by atoms with Crippen molar-refractivity contribution < 1.29 is 4.92 Å². The molecule has 0 amide bonds. The predicted molar refractivity (Wildman–Crippen MR) is 61.2 cm³/mol. The number of nitriles is 2. The van der Waals surface area contributed by atoms with Gasteiger partial charge in [0.15, 0.2) is 0 Å². The average molecular weight is 229 g/mol. The summed E-state index contributed by atoms with van der Waals surface area (Å²) in [5.41, 5.74) is 0.0865. The van der Waals surface area contributed by atoms with E-state index < -0.39 is 10.3 Å². The van der Waals surface area contributed by atoms with Crippen molar-refractivity contribution in [2.45, 2.75) is 26.2 Å². The van der Waals surface area contributed by atoms with E-state index in [0.717, 1.165) is 0 Å². The third-order valence-electron chi connectivity index (χ3n) is 2.38. The molecule has 1 rings (SSSR count). The number of hydrogen-bond acceptors (Lipinski definition) is 4. The Morgan fingerprint density at radius 3 is 2.00 bits per heavy atom. The van der Waals surface area contributed by atoms with E-state index >= 15 is 0 Å². The molecule has 5 heteroatoms. The van der Waals surface area contributed by atoms with Crippen LogP contribution in [0.3, 0.4) is 0 Å². The molecule has 0 fully saturated rings. The highest BCUT2D eigenvalue weighted by molar-refractivity contribution is 5.57. The van der Waals surface area contributed by atoms with E-state index in [1.54, 1.807) is 6.07 Å². The second kappa shape index (κ2) is 4.23. The zero-order valence-electron chi connectivity index (χ0n) is 9.81. The fourth-order valence-corrected chi connectivity index (χ4v) is 1.53. The third-order valence-corrected chi connectivity index (χ3v) is 2.38. The van der Waals surface area contributed by atoms with Gasteiger partial charge >= 0.3 is 0 Å². The maximum atomic E-state index is 10.9. The van der Waals surface area contributed by atoms with Gasteiger partial charge in [0.1, 0.15) is 12.1 Å². The van der Waals surface area contributed by atoms with E-state index in [1.165, 1.54) is 12.1 Å². The van der Waals surface area contributed by atoms with Crippen LogP contribution in [-0.2, 0) is 5.41 Å². The molecule has 0 aliphatic rings. The number of benzene rings is 1. The summed E-state index contributed by atoms with van der Waals surface area (Å²) in [4.78, 5) is 10.4. The minimum atomic E-state index is -0.525. The molecule has 0 spiro atoms. The van der Waals surface area contributed by atoms with Crippen LogP contribution in [-0.4, -0.2) is 4.92 Å². The highest BCUT2D eigenvalue weighted by Crippen LogP contribution is 2.33. The molecule has 0 unspecified atom stereocenters. The van der Waals surface area contributed by atoms with E-state index in [9.17, 15) is 10.1 Å². The minimum Gasteiger partial charge on any atom is -0.258 e. The van der Waals surface area contributed by atoms with Crippen LogP contribution in [0.15, 0.2) is 12.1 Å². The fourth-order valence-electron chi connectivity index (χ4n) is 1.53. The Labute approximate surface area is 99.1 Å². The summed E-state index contributed by atoms with van der Waals surface area (Å²) in [6.45, 7) is 5.47. The minimum absolute atomic E-state index is 0.0344. The summed E-state index contributed by atoms with van der Waals surface area (Å²) in [5, 5.41) is 28.7. The smallest absolute Gasteiger partial charge is 0.258 e. The number of rotatable bonds is 1. The fraction of sp³-hybridized carbons (Fsp3) is 0.333. The SMILES string of the molecule is CC(C)(C)c1cc(C#N)c(C#N)cc1[N+](=O)[O-]. The Morgan fingerprint density at radius 2 is 1.65 bits per heavy atom. The van der Waals surface area contributed by atoms with Gasteiger partial charge < -0.3 is 0 Å². The molecule has 0 atom stereocenters. The maximum absolute atomic E-state index is 10.9. The van der Waals surface area contributed by atoms with Crippen molar-refractivity contribution in [3.05, 3.63) is 38.9 Å². The zero-order chi connectivity index (χ0) is 13.2. The van der Waals surface area contributed by atoms with Crippen molar-refractivity contribution in [2.24, 2.45) is 0 Å². The third kappa shape index (κ3) is 2.40. The molecule has 0 saturated heterocycles. The van der Waals surface area contributed by atoms with Gasteiger partial charge in [-0.1, -0.05) is 20.8 Å². The van der Waals surface area contributed by atoms with Gasteiger partial charge in [0, 0.05) is 11.6 Å². The van der Waals surface area contributed by atoms with Gasteiger partial charge in [-0.25, -0.2) is 0 Å². The van der Waals surface area contributed by atoms with E-state index in [4.69, 9.17) is 10.5 Å². The Morgan fingerprint density at radius 1 is 1.18 bits per heavy atom. The monoisotopic (exact) mass is 229 g/mol. The first-order chi connectivity index (χ1) is 7.81.